The minimum atomic E-state index is -0.508. The van der Waals surface area contributed by atoms with E-state index in [2.05, 4.69) is 5.32 Å². The van der Waals surface area contributed by atoms with Gasteiger partial charge in [-0.15, -0.1) is 0 Å². The molecule has 0 spiro atoms. The number of allylic oxidation sites excluding steroid dienone is 1. The molecule has 194 valence electrons. The highest BCUT2D eigenvalue weighted by atomic mass is 16.5. The van der Waals surface area contributed by atoms with Crippen LogP contribution in [0.3, 0.4) is 0 Å². The third-order valence-electron chi connectivity index (χ3n) is 7.01. The van der Waals surface area contributed by atoms with Gasteiger partial charge in [0.2, 0.25) is 0 Å². The van der Waals surface area contributed by atoms with Gasteiger partial charge < -0.3 is 19.7 Å². The lowest BCUT2D eigenvalue weighted by Crippen LogP contribution is -2.37. The predicted octanol–water partition coefficient (Wildman–Crippen LogP) is 4.95. The van der Waals surface area contributed by atoms with Crippen LogP contribution in [-0.4, -0.2) is 42.4 Å². The van der Waals surface area contributed by atoms with Gasteiger partial charge in [-0.2, -0.15) is 0 Å². The van der Waals surface area contributed by atoms with Crippen LogP contribution in [0.5, 0.6) is 5.75 Å². The maximum Gasteiger partial charge on any atom is 0.340 e. The SMILES string of the molecule is COC(=O)C1=C(C)N(C2CCCCC2)C(=O)/C1=C\c1ccc(OCC(=O)NC(C)c2ccccc2)cc1. The van der Waals surface area contributed by atoms with Crippen LogP contribution in [0.15, 0.2) is 71.4 Å². The molecule has 4 rings (SSSR count). The zero-order valence-corrected chi connectivity index (χ0v) is 21.7. The van der Waals surface area contributed by atoms with E-state index >= 15 is 0 Å². The van der Waals surface area contributed by atoms with E-state index in [4.69, 9.17) is 9.47 Å². The second-order valence-electron chi connectivity index (χ2n) is 9.53. The zero-order chi connectivity index (χ0) is 26.4. The first kappa shape index (κ1) is 26.2. The highest BCUT2D eigenvalue weighted by Crippen LogP contribution is 2.37. The van der Waals surface area contributed by atoms with Crippen LogP contribution < -0.4 is 10.1 Å². The van der Waals surface area contributed by atoms with Crippen LogP contribution in [0.2, 0.25) is 0 Å². The van der Waals surface area contributed by atoms with Crippen molar-refractivity contribution in [2.75, 3.05) is 13.7 Å². The monoisotopic (exact) mass is 502 g/mol. The van der Waals surface area contributed by atoms with Crippen molar-refractivity contribution in [3.8, 4) is 5.75 Å². The molecule has 1 N–H and O–H groups in total. The number of rotatable bonds is 8. The van der Waals surface area contributed by atoms with Crippen LogP contribution in [0, 0.1) is 0 Å². The van der Waals surface area contributed by atoms with Gasteiger partial charge in [-0.25, -0.2) is 4.79 Å². The number of benzene rings is 2. The molecule has 1 atom stereocenters. The van der Waals surface area contributed by atoms with Gasteiger partial charge in [-0.1, -0.05) is 61.7 Å². The molecule has 1 fully saturated rings. The number of hydrogen-bond acceptors (Lipinski definition) is 5. The number of carbonyl (C=O) groups is 3. The summed E-state index contributed by atoms with van der Waals surface area (Å²) in [6.45, 7) is 3.63. The number of methoxy groups -OCH3 is 1. The summed E-state index contributed by atoms with van der Waals surface area (Å²) in [5.41, 5.74) is 3.09. The summed E-state index contributed by atoms with van der Waals surface area (Å²) >= 11 is 0. The van der Waals surface area contributed by atoms with E-state index in [9.17, 15) is 14.4 Å². The molecule has 7 nitrogen and oxygen atoms in total. The van der Waals surface area contributed by atoms with Crippen molar-refractivity contribution in [3.63, 3.8) is 0 Å². The summed E-state index contributed by atoms with van der Waals surface area (Å²) in [5, 5.41) is 2.92. The minimum Gasteiger partial charge on any atom is -0.484 e. The lowest BCUT2D eigenvalue weighted by molar-refractivity contribution is -0.136. The lowest BCUT2D eigenvalue weighted by Gasteiger charge is -2.32. The third-order valence-corrected chi connectivity index (χ3v) is 7.01. The number of ether oxygens (including phenoxy) is 2. The van der Waals surface area contributed by atoms with Gasteiger partial charge in [0.1, 0.15) is 5.75 Å². The predicted molar refractivity (Wildman–Crippen MR) is 141 cm³/mol. The highest BCUT2D eigenvalue weighted by Gasteiger charge is 2.40. The molecule has 2 aliphatic rings. The minimum absolute atomic E-state index is 0.110. The van der Waals surface area contributed by atoms with Gasteiger partial charge in [0.05, 0.1) is 24.3 Å². The number of carbonyl (C=O) groups excluding carboxylic acids is 3. The molecule has 2 aromatic rings. The van der Waals surface area contributed by atoms with Crippen molar-refractivity contribution in [1.29, 1.82) is 0 Å². The van der Waals surface area contributed by atoms with Crippen molar-refractivity contribution in [3.05, 3.63) is 82.6 Å². The van der Waals surface area contributed by atoms with Crippen molar-refractivity contribution in [1.82, 2.24) is 10.2 Å². The van der Waals surface area contributed by atoms with Gasteiger partial charge in [0.25, 0.3) is 11.8 Å². The summed E-state index contributed by atoms with van der Waals surface area (Å²) in [4.78, 5) is 40.1. The molecule has 1 saturated carbocycles. The molecular formula is C30H34N2O5. The van der Waals surface area contributed by atoms with Gasteiger partial charge in [0.15, 0.2) is 6.61 Å². The molecule has 2 amide bonds. The zero-order valence-electron chi connectivity index (χ0n) is 21.7. The van der Waals surface area contributed by atoms with Crippen molar-refractivity contribution >= 4 is 23.9 Å². The largest absolute Gasteiger partial charge is 0.484 e. The lowest BCUT2D eigenvalue weighted by atomic mass is 9.94. The maximum atomic E-state index is 13.4. The average Bonchev–Trinajstić information content (AvgIpc) is 3.17. The summed E-state index contributed by atoms with van der Waals surface area (Å²) in [6, 6.07) is 16.8. The Morgan fingerprint density at radius 3 is 2.38 bits per heavy atom. The molecule has 0 saturated heterocycles. The fraction of sp³-hybridized carbons (Fsp3) is 0.367. The molecule has 0 aromatic heterocycles. The molecule has 37 heavy (non-hydrogen) atoms. The molecule has 1 aliphatic heterocycles. The Morgan fingerprint density at radius 2 is 1.73 bits per heavy atom. The van der Waals surface area contributed by atoms with E-state index < -0.39 is 5.97 Å². The first-order chi connectivity index (χ1) is 17.9. The molecule has 2 aromatic carbocycles. The molecule has 0 radical (unpaired) electrons. The second kappa shape index (κ2) is 11.9. The summed E-state index contributed by atoms with van der Waals surface area (Å²) in [6.07, 6.45) is 6.94. The Balaban J connectivity index is 1.43. The van der Waals surface area contributed by atoms with Crippen LogP contribution >= 0.6 is 0 Å². The van der Waals surface area contributed by atoms with Gasteiger partial charge >= 0.3 is 5.97 Å². The summed E-state index contributed by atoms with van der Waals surface area (Å²) < 4.78 is 10.7. The summed E-state index contributed by atoms with van der Waals surface area (Å²) in [5.74, 6) is -0.350. The van der Waals surface area contributed by atoms with E-state index in [1.54, 1.807) is 35.2 Å². The first-order valence-electron chi connectivity index (χ1n) is 12.8. The number of nitrogens with one attached hydrogen (secondary N) is 1. The van der Waals surface area contributed by atoms with Crippen LogP contribution in [0.4, 0.5) is 0 Å². The number of nitrogens with zero attached hydrogens (tertiary/aromatic N) is 1. The standard InChI is InChI=1S/C30H34N2O5/c1-20(23-10-6-4-7-11-23)31-27(33)19-37-25-16-14-22(15-17-25)18-26-28(30(35)36-3)21(2)32(29(26)34)24-12-8-5-9-13-24/h4,6-7,10-11,14-18,20,24H,5,8-9,12-13,19H2,1-3H3,(H,31,33)/b26-18-. The van der Waals surface area contributed by atoms with E-state index in [0.717, 1.165) is 36.8 Å². The molecule has 0 bridgehead atoms. The van der Waals surface area contributed by atoms with E-state index in [-0.39, 0.29) is 30.5 Å². The quantitative estimate of drug-likeness (QED) is 0.408. The smallest absolute Gasteiger partial charge is 0.340 e. The van der Waals surface area contributed by atoms with Gasteiger partial charge in [-0.3, -0.25) is 9.59 Å². The summed E-state index contributed by atoms with van der Waals surface area (Å²) in [7, 11) is 1.33. The Hall–Kier alpha value is -3.87. The first-order valence-corrected chi connectivity index (χ1v) is 12.8. The molecule has 1 unspecified atom stereocenters. The number of esters is 1. The number of hydrogen-bond donors (Lipinski definition) is 1. The molecular weight excluding hydrogens is 468 g/mol. The fourth-order valence-electron chi connectivity index (χ4n) is 5.06. The Kier molecular flexibility index (Phi) is 8.43. The van der Waals surface area contributed by atoms with E-state index in [1.807, 2.05) is 44.2 Å². The number of amides is 2. The van der Waals surface area contributed by atoms with Crippen LogP contribution in [0.1, 0.15) is 63.1 Å². The highest BCUT2D eigenvalue weighted by molar-refractivity contribution is 6.16. The second-order valence-corrected chi connectivity index (χ2v) is 9.53. The normalized spacial score (nSPS) is 18.2. The fourth-order valence-corrected chi connectivity index (χ4v) is 5.06. The van der Waals surface area contributed by atoms with E-state index in [1.165, 1.54) is 13.5 Å². The average molecular weight is 503 g/mol. The van der Waals surface area contributed by atoms with Crippen LogP contribution in [0.25, 0.3) is 6.08 Å². The Labute approximate surface area is 218 Å². The Bertz CT molecular complexity index is 1190. The Morgan fingerprint density at radius 1 is 1.05 bits per heavy atom. The van der Waals surface area contributed by atoms with Crippen molar-refractivity contribution < 1.29 is 23.9 Å². The van der Waals surface area contributed by atoms with Crippen LogP contribution in [-0.2, 0) is 19.1 Å². The van der Waals surface area contributed by atoms with Gasteiger partial charge in [-0.05, 0) is 56.0 Å². The molecule has 1 aliphatic carbocycles. The van der Waals surface area contributed by atoms with Crippen molar-refractivity contribution in [2.24, 2.45) is 0 Å². The molecule has 1 heterocycles. The van der Waals surface area contributed by atoms with Crippen molar-refractivity contribution in [2.45, 2.75) is 58.0 Å². The van der Waals surface area contributed by atoms with Gasteiger partial charge in [0, 0.05) is 11.7 Å². The van der Waals surface area contributed by atoms with E-state index in [0.29, 0.717) is 22.6 Å². The topological polar surface area (TPSA) is 84.9 Å². The maximum absolute atomic E-state index is 13.4. The molecule has 7 heteroatoms. The third kappa shape index (κ3) is 6.10.